The maximum Gasteiger partial charge on any atom is 0.260 e. The molecular weight excluding hydrogens is 690 g/mol. The van der Waals surface area contributed by atoms with Crippen LogP contribution in [-0.2, 0) is 0 Å². The van der Waals surface area contributed by atoms with Crippen LogP contribution in [0.25, 0.3) is 22.3 Å². The molecule has 0 saturated carbocycles. The number of ether oxygens (including phenoxy) is 2. The highest BCUT2D eigenvalue weighted by molar-refractivity contribution is 6.98. The van der Waals surface area contributed by atoms with Crippen LogP contribution in [0, 0.1) is 0 Å². The van der Waals surface area contributed by atoms with Crippen molar-refractivity contribution in [2.45, 2.75) is 39.3 Å². The van der Waals surface area contributed by atoms with Crippen molar-refractivity contribution in [2.24, 2.45) is 0 Å². The molecule has 7 aromatic carbocycles. The van der Waals surface area contributed by atoms with Crippen LogP contribution in [0.15, 0.2) is 158 Å². The summed E-state index contributed by atoms with van der Waals surface area (Å²) in [5.41, 5.74) is 11.2. The Balaban J connectivity index is 1.20. The fourth-order valence-electron chi connectivity index (χ4n) is 7.89. The lowest BCUT2D eigenvalue weighted by molar-refractivity contribution is 0.465. The fraction of sp³-hybridized carbons (Fsp3) is 0.125. The van der Waals surface area contributed by atoms with E-state index in [0.29, 0.717) is 0 Å². The molecule has 6 heteroatoms. The molecule has 54 heavy (non-hydrogen) atoms. The number of hydrogen-bond donors (Lipinski definition) is 0. The van der Waals surface area contributed by atoms with Gasteiger partial charge in [-0.15, -0.1) is 0 Å². The first-order valence-corrected chi connectivity index (χ1v) is 25.9. The predicted octanol–water partition coefficient (Wildman–Crippen LogP) is 10.3. The molecule has 0 saturated heterocycles. The Labute approximate surface area is 322 Å². The van der Waals surface area contributed by atoms with Crippen LogP contribution in [0.2, 0.25) is 39.3 Å². The van der Waals surface area contributed by atoms with Gasteiger partial charge in [-0.1, -0.05) is 159 Å². The van der Waals surface area contributed by atoms with Gasteiger partial charge in [0.15, 0.2) is 0 Å². The maximum atomic E-state index is 6.98. The van der Waals surface area contributed by atoms with E-state index in [1.807, 2.05) is 0 Å². The summed E-state index contributed by atoms with van der Waals surface area (Å²) in [6.07, 6.45) is 0. The number of hydrogen-bond acceptors (Lipinski definition) is 3. The third-order valence-corrected chi connectivity index (χ3v) is 15.1. The molecule has 7 aromatic rings. The minimum atomic E-state index is -1.41. The Morgan fingerprint density at radius 3 is 1.17 bits per heavy atom. The Morgan fingerprint density at radius 1 is 0.389 bits per heavy atom. The first kappa shape index (κ1) is 34.2. The van der Waals surface area contributed by atoms with E-state index in [1.54, 1.807) is 0 Å². The van der Waals surface area contributed by atoms with Crippen molar-refractivity contribution in [3.63, 3.8) is 0 Å². The number of anilines is 3. The Kier molecular flexibility index (Phi) is 8.29. The molecule has 0 fully saturated rings. The summed E-state index contributed by atoms with van der Waals surface area (Å²) < 4.78 is 14.0. The van der Waals surface area contributed by atoms with Crippen LogP contribution in [0.3, 0.4) is 0 Å². The SMILES string of the molecule is C[Si](C)(C)c1ccc(-c2ccc3c(c2)Oc2cc(N(c4ccccc4)c4ccccc4)cc4c2B3c2ccc(-c3ccc([Si](C)(C)C)cc3)cc2O4)cc1. The van der Waals surface area contributed by atoms with Crippen LogP contribution in [0.5, 0.6) is 23.0 Å². The fourth-order valence-corrected chi connectivity index (χ4v) is 10.2. The van der Waals surface area contributed by atoms with Crippen molar-refractivity contribution in [3.8, 4) is 45.3 Å². The third-order valence-electron chi connectivity index (χ3n) is 10.9. The molecule has 264 valence electrons. The molecule has 2 heterocycles. The van der Waals surface area contributed by atoms with Crippen molar-refractivity contribution < 1.29 is 9.47 Å². The number of benzene rings is 7. The molecule has 0 spiro atoms. The third kappa shape index (κ3) is 6.19. The molecule has 0 aliphatic carbocycles. The molecule has 0 bridgehead atoms. The molecule has 0 amide bonds. The summed E-state index contributed by atoms with van der Waals surface area (Å²) in [6, 6.07) is 57.2. The molecular formula is C48H44BNO2Si2. The van der Waals surface area contributed by atoms with Gasteiger partial charge < -0.3 is 14.4 Å². The largest absolute Gasteiger partial charge is 0.458 e. The van der Waals surface area contributed by atoms with Gasteiger partial charge in [-0.25, -0.2) is 0 Å². The average molecular weight is 734 g/mol. The van der Waals surface area contributed by atoms with E-state index in [0.717, 1.165) is 67.6 Å². The van der Waals surface area contributed by atoms with Crippen molar-refractivity contribution in [1.82, 2.24) is 0 Å². The lowest BCUT2D eigenvalue weighted by atomic mass is 9.34. The summed E-state index contributed by atoms with van der Waals surface area (Å²) in [5, 5.41) is 2.92. The van der Waals surface area contributed by atoms with Gasteiger partial charge in [-0.3, -0.25) is 0 Å². The average Bonchev–Trinajstić information content (AvgIpc) is 3.17. The van der Waals surface area contributed by atoms with E-state index in [2.05, 4.69) is 202 Å². The second-order valence-electron chi connectivity index (χ2n) is 16.7. The second kappa shape index (κ2) is 13.1. The van der Waals surface area contributed by atoms with E-state index >= 15 is 0 Å². The Bertz CT molecular complexity index is 2330. The second-order valence-corrected chi connectivity index (χ2v) is 26.8. The number of para-hydroxylation sites is 2. The Morgan fingerprint density at radius 2 is 0.778 bits per heavy atom. The predicted molar refractivity (Wildman–Crippen MR) is 236 cm³/mol. The summed E-state index contributed by atoms with van der Waals surface area (Å²) in [7, 11) is -2.81. The van der Waals surface area contributed by atoms with Gasteiger partial charge in [-0.2, -0.15) is 0 Å². The van der Waals surface area contributed by atoms with Crippen molar-refractivity contribution in [1.29, 1.82) is 0 Å². The highest BCUT2D eigenvalue weighted by Gasteiger charge is 2.41. The molecule has 0 atom stereocenters. The van der Waals surface area contributed by atoms with Gasteiger partial charge >= 0.3 is 0 Å². The van der Waals surface area contributed by atoms with Gasteiger partial charge in [0.05, 0.1) is 21.8 Å². The topological polar surface area (TPSA) is 21.7 Å². The van der Waals surface area contributed by atoms with Crippen LogP contribution >= 0.6 is 0 Å². The van der Waals surface area contributed by atoms with Crippen LogP contribution < -0.4 is 41.1 Å². The standard InChI is InChI=1S/C48H44BNO2Si2/c1-53(2,3)40-23-17-33(18-24-40)35-21-27-42-44(29-35)51-46-31-39(50(37-13-9-7-10-14-37)38-15-11-8-12-16-38)32-47-48(46)49(42)43-28-22-36(30-45(43)52-47)34-19-25-41(26-20-34)54(4,5)6/h7-32H,1-6H3. The Hall–Kier alpha value is -5.56. The van der Waals surface area contributed by atoms with E-state index in [9.17, 15) is 0 Å². The summed E-state index contributed by atoms with van der Waals surface area (Å²) in [4.78, 5) is 2.27. The van der Waals surface area contributed by atoms with Crippen molar-refractivity contribution >= 4 is 66.7 Å². The van der Waals surface area contributed by atoms with E-state index in [1.165, 1.54) is 21.5 Å². The van der Waals surface area contributed by atoms with Crippen LogP contribution in [-0.4, -0.2) is 22.9 Å². The monoisotopic (exact) mass is 733 g/mol. The van der Waals surface area contributed by atoms with Crippen LogP contribution in [0.4, 0.5) is 17.1 Å². The minimum Gasteiger partial charge on any atom is -0.458 e. The number of rotatable bonds is 7. The molecule has 2 aliphatic heterocycles. The summed E-state index contributed by atoms with van der Waals surface area (Å²) in [5.74, 6) is 3.40. The zero-order valence-electron chi connectivity index (χ0n) is 31.9. The maximum absolute atomic E-state index is 6.98. The van der Waals surface area contributed by atoms with Crippen molar-refractivity contribution in [2.75, 3.05) is 4.90 Å². The zero-order chi connectivity index (χ0) is 37.2. The highest BCUT2D eigenvalue weighted by Crippen LogP contribution is 2.43. The van der Waals surface area contributed by atoms with Crippen molar-refractivity contribution in [3.05, 3.63) is 158 Å². The van der Waals surface area contributed by atoms with Gasteiger partial charge in [0.2, 0.25) is 0 Å². The summed E-state index contributed by atoms with van der Waals surface area (Å²) in [6.45, 7) is 14.3. The first-order chi connectivity index (χ1) is 26.0. The van der Waals surface area contributed by atoms with Gasteiger partial charge in [0, 0.05) is 29.0 Å². The molecule has 9 rings (SSSR count). The first-order valence-electron chi connectivity index (χ1n) is 18.9. The van der Waals surface area contributed by atoms with E-state index < -0.39 is 16.1 Å². The normalized spacial score (nSPS) is 12.9. The zero-order valence-corrected chi connectivity index (χ0v) is 33.9. The lowest BCUT2D eigenvalue weighted by Crippen LogP contribution is -2.57. The van der Waals surface area contributed by atoms with Gasteiger partial charge in [0.25, 0.3) is 6.71 Å². The molecule has 0 radical (unpaired) electrons. The molecule has 0 aromatic heterocycles. The van der Waals surface area contributed by atoms with E-state index in [4.69, 9.17) is 9.47 Å². The quantitative estimate of drug-likeness (QED) is 0.152. The number of nitrogens with zero attached hydrogens (tertiary/aromatic N) is 1. The molecule has 0 N–H and O–H groups in total. The van der Waals surface area contributed by atoms with E-state index in [-0.39, 0.29) is 6.71 Å². The molecule has 0 unspecified atom stereocenters. The summed E-state index contributed by atoms with van der Waals surface area (Å²) >= 11 is 0. The number of fused-ring (bicyclic) bond motifs is 4. The molecule has 3 nitrogen and oxygen atoms in total. The van der Waals surface area contributed by atoms with Crippen LogP contribution in [0.1, 0.15) is 0 Å². The smallest absolute Gasteiger partial charge is 0.260 e. The minimum absolute atomic E-state index is 0.0370. The van der Waals surface area contributed by atoms with Gasteiger partial charge in [-0.05, 0) is 69.6 Å². The highest BCUT2D eigenvalue weighted by atomic mass is 28.3. The lowest BCUT2D eigenvalue weighted by Gasteiger charge is -2.35. The molecule has 2 aliphatic rings. The van der Waals surface area contributed by atoms with Gasteiger partial charge in [0.1, 0.15) is 23.0 Å².